The molecule has 0 spiro atoms. The van der Waals surface area contributed by atoms with E-state index in [9.17, 15) is 18.0 Å². The van der Waals surface area contributed by atoms with Crippen molar-refractivity contribution >= 4 is 37.0 Å². The van der Waals surface area contributed by atoms with Crippen molar-refractivity contribution in [1.29, 1.82) is 0 Å². The molecule has 0 saturated carbocycles. The molecule has 1 heterocycles. The topological polar surface area (TPSA) is 112 Å². The molecule has 0 aliphatic rings. The highest BCUT2D eigenvalue weighted by Gasteiger charge is 2.09. The highest BCUT2D eigenvalue weighted by molar-refractivity contribution is 9.10. The summed E-state index contributed by atoms with van der Waals surface area (Å²) in [6, 6.07) is 3.28. The highest BCUT2D eigenvalue weighted by atomic mass is 79.9. The Hall–Kier alpha value is -1.45. The summed E-state index contributed by atoms with van der Waals surface area (Å²) in [7, 11) is -3.35. The first kappa shape index (κ1) is 14.0. The van der Waals surface area contributed by atoms with E-state index in [4.69, 9.17) is 0 Å². The van der Waals surface area contributed by atoms with Gasteiger partial charge in [-0.3, -0.25) is 9.59 Å². The summed E-state index contributed by atoms with van der Waals surface area (Å²) in [4.78, 5) is 27.4. The molecule has 0 saturated heterocycles. The smallest absolute Gasteiger partial charge is 0.314 e. The van der Waals surface area contributed by atoms with Crippen molar-refractivity contribution in [2.45, 2.75) is 6.54 Å². The molecule has 102 valence electrons. The Morgan fingerprint density at radius 2 is 1.84 bits per heavy atom. The fourth-order valence-corrected chi connectivity index (χ4v) is 2.53. The number of benzene rings is 1. The van der Waals surface area contributed by atoms with Crippen LogP contribution in [0.2, 0.25) is 0 Å². The lowest BCUT2D eigenvalue weighted by Gasteiger charge is -2.07. The van der Waals surface area contributed by atoms with E-state index in [-0.39, 0.29) is 6.54 Å². The van der Waals surface area contributed by atoms with Crippen molar-refractivity contribution in [3.63, 3.8) is 0 Å². The maximum atomic E-state index is 11.3. The Morgan fingerprint density at radius 3 is 2.47 bits per heavy atom. The largest absolute Gasteiger partial charge is 0.316 e. The van der Waals surface area contributed by atoms with Crippen molar-refractivity contribution in [1.82, 2.24) is 14.7 Å². The number of hydrogen-bond acceptors (Lipinski definition) is 4. The minimum absolute atomic E-state index is 0.0107. The van der Waals surface area contributed by atoms with Gasteiger partial charge < -0.3 is 9.97 Å². The summed E-state index contributed by atoms with van der Waals surface area (Å²) in [5.74, 6) is 0. The van der Waals surface area contributed by atoms with Crippen LogP contribution in [-0.4, -0.2) is 24.6 Å². The predicted octanol–water partition coefficient (Wildman–Crippen LogP) is 0.0281. The number of aromatic nitrogens is 2. The standard InChI is InChI=1S/C10H10BrN3O4S/c1-19(17,18)12-4-5-2-6(11)3-7-8(5)14-10(16)9(15)13-7/h2-3,12H,4H2,1H3,(H,13,15)(H,14,16). The van der Waals surface area contributed by atoms with Gasteiger partial charge in [0, 0.05) is 11.0 Å². The van der Waals surface area contributed by atoms with Gasteiger partial charge in [-0.05, 0) is 17.7 Å². The average Bonchev–Trinajstić information content (AvgIpc) is 2.27. The van der Waals surface area contributed by atoms with E-state index in [1.807, 2.05) is 0 Å². The van der Waals surface area contributed by atoms with Crippen molar-refractivity contribution in [3.8, 4) is 0 Å². The zero-order chi connectivity index (χ0) is 14.2. The summed E-state index contributed by atoms with van der Waals surface area (Å²) >= 11 is 3.26. The summed E-state index contributed by atoms with van der Waals surface area (Å²) < 4.78 is 25.2. The SMILES string of the molecule is CS(=O)(=O)NCc1cc(Br)cc2[nH]c(=O)c(=O)[nH]c12. The normalized spacial score (nSPS) is 11.9. The number of sulfonamides is 1. The van der Waals surface area contributed by atoms with Gasteiger partial charge >= 0.3 is 11.1 Å². The molecule has 1 aromatic heterocycles. The van der Waals surface area contributed by atoms with Gasteiger partial charge in [-0.2, -0.15) is 0 Å². The van der Waals surface area contributed by atoms with Crippen LogP contribution < -0.4 is 15.8 Å². The van der Waals surface area contributed by atoms with Gasteiger partial charge in [-0.15, -0.1) is 0 Å². The second kappa shape index (κ2) is 4.91. The number of aromatic amines is 2. The number of hydrogen-bond donors (Lipinski definition) is 3. The van der Waals surface area contributed by atoms with Crippen molar-refractivity contribution < 1.29 is 8.42 Å². The molecule has 19 heavy (non-hydrogen) atoms. The Labute approximate surface area is 116 Å². The fraction of sp³-hybridized carbons (Fsp3) is 0.200. The highest BCUT2D eigenvalue weighted by Crippen LogP contribution is 2.20. The number of rotatable bonds is 3. The van der Waals surface area contributed by atoms with Crippen LogP contribution in [0.3, 0.4) is 0 Å². The third-order valence-corrected chi connectivity index (χ3v) is 3.53. The first-order valence-electron chi connectivity index (χ1n) is 5.15. The first-order chi connectivity index (χ1) is 8.76. The second-order valence-corrected chi connectivity index (χ2v) is 6.74. The van der Waals surface area contributed by atoms with Crippen LogP contribution >= 0.6 is 15.9 Å². The second-order valence-electron chi connectivity index (χ2n) is 3.99. The predicted molar refractivity (Wildman–Crippen MR) is 74.6 cm³/mol. The number of halogens is 1. The molecule has 0 bridgehead atoms. The van der Waals surface area contributed by atoms with E-state index in [2.05, 4.69) is 30.6 Å². The van der Waals surface area contributed by atoms with Crippen molar-refractivity contribution in [3.05, 3.63) is 42.9 Å². The molecule has 0 fully saturated rings. The van der Waals surface area contributed by atoms with E-state index in [1.165, 1.54) is 0 Å². The van der Waals surface area contributed by atoms with E-state index >= 15 is 0 Å². The maximum absolute atomic E-state index is 11.3. The number of nitrogens with one attached hydrogen (secondary N) is 3. The quantitative estimate of drug-likeness (QED) is 0.679. The molecule has 0 unspecified atom stereocenters. The summed E-state index contributed by atoms with van der Waals surface area (Å²) in [5.41, 5.74) is -0.181. The average molecular weight is 348 g/mol. The summed E-state index contributed by atoms with van der Waals surface area (Å²) in [6.45, 7) is 0.0107. The molecule has 2 rings (SSSR count). The fourth-order valence-electron chi connectivity index (χ4n) is 1.61. The molecule has 2 aromatic rings. The van der Waals surface area contributed by atoms with Crippen LogP contribution in [0, 0.1) is 0 Å². The minimum atomic E-state index is -3.35. The lowest BCUT2D eigenvalue weighted by molar-refractivity contribution is 0.587. The van der Waals surface area contributed by atoms with Gasteiger partial charge in [0.05, 0.1) is 17.3 Å². The molecule has 0 aliphatic carbocycles. The molecule has 3 N–H and O–H groups in total. The third-order valence-electron chi connectivity index (χ3n) is 2.40. The Balaban J connectivity index is 2.63. The van der Waals surface area contributed by atoms with Crippen LogP contribution in [0.25, 0.3) is 11.0 Å². The molecule has 0 radical (unpaired) electrons. The first-order valence-corrected chi connectivity index (χ1v) is 7.84. The van der Waals surface area contributed by atoms with Crippen LogP contribution in [0.5, 0.6) is 0 Å². The van der Waals surface area contributed by atoms with Crippen LogP contribution in [0.4, 0.5) is 0 Å². The van der Waals surface area contributed by atoms with Crippen LogP contribution in [0.15, 0.2) is 26.2 Å². The van der Waals surface area contributed by atoms with Gasteiger partial charge in [0.2, 0.25) is 10.0 Å². The lowest BCUT2D eigenvalue weighted by Crippen LogP contribution is -2.29. The lowest BCUT2D eigenvalue weighted by atomic mass is 10.2. The summed E-state index contributed by atoms with van der Waals surface area (Å²) in [6.07, 6.45) is 1.04. The molecular weight excluding hydrogens is 338 g/mol. The van der Waals surface area contributed by atoms with Crippen LogP contribution in [-0.2, 0) is 16.6 Å². The molecule has 9 heteroatoms. The van der Waals surface area contributed by atoms with Gasteiger partial charge in [0.1, 0.15) is 0 Å². The van der Waals surface area contributed by atoms with Crippen molar-refractivity contribution in [2.24, 2.45) is 0 Å². The van der Waals surface area contributed by atoms with Crippen LogP contribution in [0.1, 0.15) is 5.56 Å². The van der Waals surface area contributed by atoms with E-state index in [0.29, 0.717) is 21.1 Å². The molecule has 0 amide bonds. The Kier molecular flexibility index (Phi) is 3.61. The molecular formula is C10H10BrN3O4S. The molecule has 0 atom stereocenters. The van der Waals surface area contributed by atoms with Gasteiger partial charge in [-0.1, -0.05) is 15.9 Å². The summed E-state index contributed by atoms with van der Waals surface area (Å²) in [5, 5.41) is 0. The Morgan fingerprint density at radius 1 is 1.21 bits per heavy atom. The number of H-pyrrole nitrogens is 2. The Bertz CT molecular complexity index is 853. The monoisotopic (exact) mass is 347 g/mol. The zero-order valence-electron chi connectivity index (χ0n) is 9.78. The minimum Gasteiger partial charge on any atom is -0.316 e. The molecule has 1 aromatic carbocycles. The molecule has 0 aliphatic heterocycles. The van der Waals surface area contributed by atoms with Gasteiger partial charge in [0.15, 0.2) is 0 Å². The maximum Gasteiger partial charge on any atom is 0.314 e. The van der Waals surface area contributed by atoms with Gasteiger partial charge in [-0.25, -0.2) is 13.1 Å². The zero-order valence-corrected chi connectivity index (χ0v) is 12.2. The van der Waals surface area contributed by atoms with E-state index in [1.54, 1.807) is 12.1 Å². The van der Waals surface area contributed by atoms with E-state index in [0.717, 1.165) is 6.26 Å². The number of fused-ring (bicyclic) bond motifs is 1. The molecule has 7 nitrogen and oxygen atoms in total. The van der Waals surface area contributed by atoms with E-state index < -0.39 is 21.1 Å². The van der Waals surface area contributed by atoms with Gasteiger partial charge in [0.25, 0.3) is 0 Å². The van der Waals surface area contributed by atoms with Crippen molar-refractivity contribution in [2.75, 3.05) is 6.26 Å². The third kappa shape index (κ3) is 3.31.